The molecule has 1 aliphatic heterocycles. The number of fused-ring (bicyclic) bond motifs is 1. The summed E-state index contributed by atoms with van der Waals surface area (Å²) in [6, 6.07) is 15.4. The minimum Gasteiger partial charge on any atom is -0.354 e. The summed E-state index contributed by atoms with van der Waals surface area (Å²) in [7, 11) is -1.28. The first kappa shape index (κ1) is 18.9. The molecule has 1 aliphatic rings. The number of benzene rings is 2. The highest BCUT2D eigenvalue weighted by atomic mass is 32.2. The van der Waals surface area contributed by atoms with Gasteiger partial charge in [0.1, 0.15) is 11.6 Å². The molecule has 0 amide bonds. The summed E-state index contributed by atoms with van der Waals surface area (Å²) >= 11 is 0. The number of hydrogen-bond donors (Lipinski definition) is 1. The van der Waals surface area contributed by atoms with E-state index in [2.05, 4.69) is 9.97 Å². The van der Waals surface area contributed by atoms with E-state index in [4.69, 9.17) is 0 Å². The average molecular weight is 420 g/mol. The van der Waals surface area contributed by atoms with E-state index in [9.17, 15) is 13.0 Å². The summed E-state index contributed by atoms with van der Waals surface area (Å²) in [5.41, 5.74) is 5.77. The number of nitrogens with one attached hydrogen (secondary N) is 1. The first-order valence-corrected chi connectivity index (χ1v) is 11.0. The number of nitrogens with zero attached hydrogens (tertiary/aromatic N) is 1. The summed E-state index contributed by atoms with van der Waals surface area (Å²) in [5, 5.41) is 0. The van der Waals surface area contributed by atoms with Crippen molar-refractivity contribution in [3.05, 3.63) is 84.2 Å². The third-order valence-corrected chi connectivity index (χ3v) is 6.95. The number of aromatic amines is 1. The molecule has 0 aliphatic carbocycles. The fraction of sp³-hybridized carbons (Fsp3) is 0.125. The van der Waals surface area contributed by atoms with E-state index in [1.54, 1.807) is 24.5 Å². The number of hydrogen-bond acceptors (Lipinski definition) is 2. The van der Waals surface area contributed by atoms with Crippen LogP contribution in [0.1, 0.15) is 12.0 Å². The summed E-state index contributed by atoms with van der Waals surface area (Å²) in [4.78, 5) is 7.81. The molecule has 0 spiro atoms. The SMILES string of the molecule is O=S1CCCc2cc(-c3cc(-c4ccncc4)c(-c4ccc(F)cc4)[nH]3)cc(F)c21. The molecule has 0 fully saturated rings. The highest BCUT2D eigenvalue weighted by Crippen LogP contribution is 2.37. The van der Waals surface area contributed by atoms with Gasteiger partial charge in [-0.05, 0) is 84.1 Å². The molecule has 1 atom stereocenters. The molecule has 5 rings (SSSR count). The molecule has 0 saturated carbocycles. The molecule has 3 heterocycles. The van der Waals surface area contributed by atoms with Gasteiger partial charge in [0.05, 0.1) is 21.4 Å². The quantitative estimate of drug-likeness (QED) is 0.459. The largest absolute Gasteiger partial charge is 0.354 e. The van der Waals surface area contributed by atoms with Crippen molar-refractivity contribution in [3.8, 4) is 33.6 Å². The van der Waals surface area contributed by atoms with Crippen LogP contribution in [-0.2, 0) is 17.2 Å². The molecule has 0 radical (unpaired) electrons. The standard InChI is InChI=1S/C24H18F2N2OS/c25-19-5-3-16(4-6-19)23-20(15-7-9-27-10-8-15)14-22(28-23)18-12-17-2-1-11-30(29)24(17)21(26)13-18/h3-10,12-14,28H,1-2,11H2. The van der Waals surface area contributed by atoms with Gasteiger partial charge in [-0.25, -0.2) is 8.78 Å². The van der Waals surface area contributed by atoms with Gasteiger partial charge in [0.2, 0.25) is 0 Å². The van der Waals surface area contributed by atoms with Gasteiger partial charge in [-0.15, -0.1) is 0 Å². The fourth-order valence-corrected chi connectivity index (χ4v) is 5.30. The van der Waals surface area contributed by atoms with Gasteiger partial charge >= 0.3 is 0 Å². The molecule has 2 aromatic heterocycles. The van der Waals surface area contributed by atoms with Gasteiger partial charge in [-0.3, -0.25) is 9.19 Å². The number of rotatable bonds is 3. The zero-order chi connectivity index (χ0) is 20.7. The first-order chi connectivity index (χ1) is 14.6. The van der Waals surface area contributed by atoms with E-state index in [-0.39, 0.29) is 5.82 Å². The van der Waals surface area contributed by atoms with Crippen molar-refractivity contribution in [2.45, 2.75) is 17.7 Å². The predicted molar refractivity (Wildman–Crippen MR) is 114 cm³/mol. The Morgan fingerprint density at radius 1 is 0.900 bits per heavy atom. The Morgan fingerprint density at radius 3 is 2.43 bits per heavy atom. The van der Waals surface area contributed by atoms with Crippen molar-refractivity contribution in [2.24, 2.45) is 0 Å². The molecule has 4 aromatic rings. The first-order valence-electron chi connectivity index (χ1n) is 9.70. The predicted octanol–water partition coefficient (Wildman–Crippen LogP) is 5.74. The fourth-order valence-electron chi connectivity index (χ4n) is 3.96. The lowest BCUT2D eigenvalue weighted by Crippen LogP contribution is -2.12. The molecule has 30 heavy (non-hydrogen) atoms. The lowest BCUT2D eigenvalue weighted by Gasteiger charge is -2.17. The maximum atomic E-state index is 14.8. The Labute approximate surface area is 175 Å². The number of halogens is 2. The number of H-pyrrole nitrogens is 1. The lowest BCUT2D eigenvalue weighted by molar-refractivity contribution is 0.585. The Hall–Kier alpha value is -3.12. The third-order valence-electron chi connectivity index (χ3n) is 5.38. The summed E-state index contributed by atoms with van der Waals surface area (Å²) in [5.74, 6) is -0.225. The zero-order valence-corrected chi connectivity index (χ0v) is 16.8. The molecule has 0 bridgehead atoms. The monoisotopic (exact) mass is 420 g/mol. The second-order valence-corrected chi connectivity index (χ2v) is 8.82. The Morgan fingerprint density at radius 2 is 1.67 bits per heavy atom. The highest BCUT2D eigenvalue weighted by molar-refractivity contribution is 7.85. The molecule has 0 saturated heterocycles. The molecule has 1 unspecified atom stereocenters. The van der Waals surface area contributed by atoms with E-state index in [1.807, 2.05) is 24.3 Å². The van der Waals surface area contributed by atoms with Crippen LogP contribution in [0.4, 0.5) is 8.78 Å². The van der Waals surface area contributed by atoms with Crippen molar-refractivity contribution in [3.63, 3.8) is 0 Å². The Bertz CT molecular complexity index is 1250. The Kier molecular flexibility index (Phi) is 4.79. The molecular formula is C24H18F2N2OS. The van der Waals surface area contributed by atoms with Crippen LogP contribution < -0.4 is 0 Å². The van der Waals surface area contributed by atoms with Crippen LogP contribution in [0, 0.1) is 11.6 Å². The number of aryl methyl sites for hydroxylation is 1. The summed E-state index contributed by atoms with van der Waals surface area (Å²) in [6.45, 7) is 0. The number of pyridine rings is 1. The van der Waals surface area contributed by atoms with Crippen LogP contribution in [-0.4, -0.2) is 19.9 Å². The second-order valence-electron chi connectivity index (χ2n) is 7.31. The minimum absolute atomic E-state index is 0.305. The highest BCUT2D eigenvalue weighted by Gasteiger charge is 2.22. The van der Waals surface area contributed by atoms with Crippen LogP contribution in [0.5, 0.6) is 0 Å². The smallest absolute Gasteiger partial charge is 0.140 e. The summed E-state index contributed by atoms with van der Waals surface area (Å²) < 4.78 is 40.5. The molecule has 1 N–H and O–H groups in total. The van der Waals surface area contributed by atoms with E-state index < -0.39 is 16.6 Å². The van der Waals surface area contributed by atoms with Gasteiger partial charge in [0.15, 0.2) is 0 Å². The van der Waals surface area contributed by atoms with Crippen molar-refractivity contribution in [1.29, 1.82) is 0 Å². The topological polar surface area (TPSA) is 45.8 Å². The van der Waals surface area contributed by atoms with Crippen molar-refractivity contribution >= 4 is 10.8 Å². The zero-order valence-electron chi connectivity index (χ0n) is 16.0. The number of aromatic nitrogens is 2. The Balaban J connectivity index is 1.68. The molecular weight excluding hydrogens is 402 g/mol. The van der Waals surface area contributed by atoms with Gasteiger partial charge in [-0.1, -0.05) is 0 Å². The van der Waals surface area contributed by atoms with Crippen LogP contribution in [0.15, 0.2) is 71.9 Å². The van der Waals surface area contributed by atoms with E-state index in [1.165, 1.54) is 18.2 Å². The van der Waals surface area contributed by atoms with Crippen molar-refractivity contribution in [1.82, 2.24) is 9.97 Å². The van der Waals surface area contributed by atoms with Crippen LogP contribution in [0.25, 0.3) is 33.6 Å². The minimum atomic E-state index is -1.28. The van der Waals surface area contributed by atoms with Gasteiger partial charge in [-0.2, -0.15) is 0 Å². The van der Waals surface area contributed by atoms with E-state index in [0.717, 1.165) is 40.1 Å². The molecule has 3 nitrogen and oxygen atoms in total. The molecule has 2 aromatic carbocycles. The van der Waals surface area contributed by atoms with Gasteiger partial charge in [0, 0.05) is 35.0 Å². The van der Waals surface area contributed by atoms with E-state index >= 15 is 0 Å². The normalized spacial score (nSPS) is 15.7. The average Bonchev–Trinajstić information content (AvgIpc) is 3.20. The summed E-state index contributed by atoms with van der Waals surface area (Å²) in [6.07, 6.45) is 4.93. The molecule has 6 heteroatoms. The van der Waals surface area contributed by atoms with Gasteiger partial charge in [0.25, 0.3) is 0 Å². The van der Waals surface area contributed by atoms with Gasteiger partial charge < -0.3 is 4.98 Å². The van der Waals surface area contributed by atoms with E-state index in [0.29, 0.717) is 22.6 Å². The second kappa shape index (κ2) is 7.61. The maximum Gasteiger partial charge on any atom is 0.140 e. The molecule has 150 valence electrons. The van der Waals surface area contributed by atoms with Crippen molar-refractivity contribution in [2.75, 3.05) is 5.75 Å². The van der Waals surface area contributed by atoms with Crippen LogP contribution in [0.2, 0.25) is 0 Å². The van der Waals surface area contributed by atoms with Crippen molar-refractivity contribution < 1.29 is 13.0 Å². The van der Waals surface area contributed by atoms with Crippen LogP contribution >= 0.6 is 0 Å². The third kappa shape index (κ3) is 3.37. The maximum absolute atomic E-state index is 14.8. The lowest BCUT2D eigenvalue weighted by atomic mass is 10.0. The van der Waals surface area contributed by atoms with Crippen LogP contribution in [0.3, 0.4) is 0 Å².